The highest BCUT2D eigenvalue weighted by Crippen LogP contribution is 2.89. The second-order valence-electron chi connectivity index (χ2n) is 18.4. The van der Waals surface area contributed by atoms with Gasteiger partial charge >= 0.3 is 0 Å². The molecule has 10 heteroatoms. The van der Waals surface area contributed by atoms with Crippen molar-refractivity contribution in [3.63, 3.8) is 0 Å². The standard InChI is InChI=1S/C36H62O10/c1-18(8-9-23(40)32(4,5)44)25-20(39)15-34(7)22-14-19(38)29-31(2,3)24(46-30-28(43)27(42)26(41)21(16-37)45-30)10-11-36(29)17-35(22,36)13-12-33(25,34)6/h18-30,37-44H,8-17H2,1-7H3. The smallest absolute Gasteiger partial charge is 0.186 e. The van der Waals surface area contributed by atoms with E-state index in [1.165, 1.54) is 0 Å². The van der Waals surface area contributed by atoms with Crippen molar-refractivity contribution in [2.75, 3.05) is 6.61 Å². The summed E-state index contributed by atoms with van der Waals surface area (Å²) in [6.07, 6.45) is -1.55. The molecule has 6 rings (SSSR count). The molecule has 1 saturated heterocycles. The Hall–Kier alpha value is -0.400. The van der Waals surface area contributed by atoms with Gasteiger partial charge in [-0.1, -0.05) is 34.6 Å². The van der Waals surface area contributed by atoms with Crippen molar-refractivity contribution in [2.45, 2.75) is 167 Å². The van der Waals surface area contributed by atoms with Crippen molar-refractivity contribution in [2.24, 2.45) is 50.7 Å². The van der Waals surface area contributed by atoms with Gasteiger partial charge in [-0.3, -0.25) is 0 Å². The largest absolute Gasteiger partial charge is 0.394 e. The van der Waals surface area contributed by atoms with Crippen molar-refractivity contribution in [1.82, 2.24) is 0 Å². The SMILES string of the molecule is CC(CCC(O)C(C)(C)O)C1C(O)CC2(C)C3CC(O)C4C(C)(C)C(OC5OC(CO)C(O)C(O)C5O)CCC45CC35CCC12C. The zero-order chi connectivity index (χ0) is 34.0. The quantitative estimate of drug-likeness (QED) is 0.181. The maximum atomic E-state index is 12.1. The van der Waals surface area contributed by atoms with Crippen LogP contribution in [-0.2, 0) is 9.47 Å². The number of fused-ring (bicyclic) bond motifs is 2. The highest BCUT2D eigenvalue weighted by atomic mass is 16.7. The molecule has 6 fully saturated rings. The maximum absolute atomic E-state index is 12.1. The molecule has 10 nitrogen and oxygen atoms in total. The number of hydrogen-bond donors (Lipinski definition) is 8. The summed E-state index contributed by atoms with van der Waals surface area (Å²) in [6, 6.07) is 0. The molecular weight excluding hydrogens is 592 g/mol. The van der Waals surface area contributed by atoms with Crippen LogP contribution >= 0.6 is 0 Å². The molecular formula is C36H62O10. The van der Waals surface area contributed by atoms with Crippen molar-refractivity contribution in [3.05, 3.63) is 0 Å². The molecule has 5 saturated carbocycles. The molecule has 46 heavy (non-hydrogen) atoms. The van der Waals surface area contributed by atoms with Gasteiger partial charge in [-0.15, -0.1) is 0 Å². The molecule has 0 bridgehead atoms. The fourth-order valence-electron chi connectivity index (χ4n) is 13.0. The maximum Gasteiger partial charge on any atom is 0.186 e. The summed E-state index contributed by atoms with van der Waals surface area (Å²) in [5.41, 5.74) is -1.85. The normalized spacial score (nSPS) is 54.2. The molecule has 8 N–H and O–H groups in total. The highest BCUT2D eigenvalue weighted by molar-refractivity contribution is 5.32. The van der Waals surface area contributed by atoms with E-state index in [4.69, 9.17) is 9.47 Å². The van der Waals surface area contributed by atoms with E-state index in [0.29, 0.717) is 25.7 Å². The Morgan fingerprint density at radius 1 is 0.870 bits per heavy atom. The Balaban J connectivity index is 1.22. The summed E-state index contributed by atoms with van der Waals surface area (Å²) >= 11 is 0. The summed E-state index contributed by atoms with van der Waals surface area (Å²) in [5, 5.41) is 85.7. The van der Waals surface area contributed by atoms with Crippen molar-refractivity contribution < 1.29 is 50.3 Å². The minimum Gasteiger partial charge on any atom is -0.394 e. The van der Waals surface area contributed by atoms with Crippen LogP contribution in [0.5, 0.6) is 0 Å². The Labute approximate surface area is 274 Å². The average Bonchev–Trinajstić information content (AvgIpc) is 3.55. The monoisotopic (exact) mass is 654 g/mol. The van der Waals surface area contributed by atoms with Crippen LogP contribution in [0.1, 0.15) is 106 Å². The van der Waals surface area contributed by atoms with Gasteiger partial charge < -0.3 is 50.3 Å². The van der Waals surface area contributed by atoms with Gasteiger partial charge in [-0.2, -0.15) is 0 Å². The molecule has 1 aliphatic heterocycles. The predicted molar refractivity (Wildman–Crippen MR) is 169 cm³/mol. The van der Waals surface area contributed by atoms with Crippen LogP contribution in [0.2, 0.25) is 0 Å². The van der Waals surface area contributed by atoms with Gasteiger partial charge in [0, 0.05) is 0 Å². The van der Waals surface area contributed by atoms with Crippen molar-refractivity contribution in [1.29, 1.82) is 0 Å². The van der Waals surface area contributed by atoms with Gasteiger partial charge in [0.25, 0.3) is 0 Å². The lowest BCUT2D eigenvalue weighted by atomic mass is 9.41. The molecule has 1 heterocycles. The molecule has 2 spiro atoms. The third kappa shape index (κ3) is 4.78. The Morgan fingerprint density at radius 3 is 2.17 bits per heavy atom. The first-order valence-corrected chi connectivity index (χ1v) is 17.9. The Morgan fingerprint density at radius 2 is 1.54 bits per heavy atom. The minimum atomic E-state index is -1.50. The molecule has 0 amide bonds. The molecule has 266 valence electrons. The Bertz CT molecular complexity index is 1140. The lowest BCUT2D eigenvalue weighted by molar-refractivity contribution is -0.329. The van der Waals surface area contributed by atoms with Crippen LogP contribution in [0.4, 0.5) is 0 Å². The van der Waals surface area contributed by atoms with Gasteiger partial charge in [-0.05, 0) is 122 Å². The van der Waals surface area contributed by atoms with E-state index >= 15 is 0 Å². The molecule has 0 radical (unpaired) electrons. The van der Waals surface area contributed by atoms with E-state index in [2.05, 4.69) is 34.6 Å². The van der Waals surface area contributed by atoms with Crippen molar-refractivity contribution in [3.8, 4) is 0 Å². The van der Waals surface area contributed by atoms with E-state index < -0.39 is 66.6 Å². The van der Waals surface area contributed by atoms with Crippen LogP contribution in [0.25, 0.3) is 0 Å². The van der Waals surface area contributed by atoms with E-state index in [1.54, 1.807) is 13.8 Å². The summed E-state index contributed by atoms with van der Waals surface area (Å²) in [7, 11) is 0. The number of aliphatic hydroxyl groups excluding tert-OH is 7. The van der Waals surface area contributed by atoms with E-state index in [-0.39, 0.29) is 51.4 Å². The van der Waals surface area contributed by atoms with Gasteiger partial charge in [0.2, 0.25) is 0 Å². The van der Waals surface area contributed by atoms with E-state index in [1.807, 2.05) is 0 Å². The zero-order valence-corrected chi connectivity index (χ0v) is 29.0. The second-order valence-corrected chi connectivity index (χ2v) is 18.4. The second kappa shape index (κ2) is 11.3. The number of ether oxygens (including phenoxy) is 2. The van der Waals surface area contributed by atoms with Gasteiger partial charge in [0.1, 0.15) is 24.4 Å². The van der Waals surface area contributed by atoms with Crippen LogP contribution < -0.4 is 0 Å². The first-order valence-electron chi connectivity index (χ1n) is 17.9. The van der Waals surface area contributed by atoms with Crippen molar-refractivity contribution >= 4 is 0 Å². The lowest BCUT2D eigenvalue weighted by Crippen LogP contribution is -2.63. The predicted octanol–water partition coefficient (Wildman–Crippen LogP) is 2.10. The fourth-order valence-corrected chi connectivity index (χ4v) is 13.0. The third-order valence-electron chi connectivity index (χ3n) is 15.5. The van der Waals surface area contributed by atoms with Crippen LogP contribution in [0, 0.1) is 50.7 Å². The molecule has 0 aromatic carbocycles. The summed E-state index contributed by atoms with van der Waals surface area (Å²) in [6.45, 7) is 14.0. The molecule has 6 aliphatic rings. The Kier molecular flexibility index (Phi) is 8.71. The van der Waals surface area contributed by atoms with Gasteiger partial charge in [0.05, 0.1) is 36.6 Å². The fraction of sp³-hybridized carbons (Fsp3) is 1.00. The molecule has 0 aromatic rings. The molecule has 17 atom stereocenters. The molecule has 0 aromatic heterocycles. The summed E-state index contributed by atoms with van der Waals surface area (Å²) in [5.74, 6) is 0.499. The summed E-state index contributed by atoms with van der Waals surface area (Å²) in [4.78, 5) is 0. The van der Waals surface area contributed by atoms with E-state index in [0.717, 1.165) is 32.1 Å². The minimum absolute atomic E-state index is 0.0304. The molecule has 5 aliphatic carbocycles. The van der Waals surface area contributed by atoms with Crippen LogP contribution in [0.3, 0.4) is 0 Å². The lowest BCUT2D eigenvalue weighted by Gasteiger charge is -2.64. The first-order chi connectivity index (χ1) is 21.2. The van der Waals surface area contributed by atoms with E-state index in [9.17, 15) is 40.9 Å². The number of hydrogen-bond acceptors (Lipinski definition) is 10. The zero-order valence-electron chi connectivity index (χ0n) is 29.0. The van der Waals surface area contributed by atoms with Gasteiger partial charge in [-0.25, -0.2) is 0 Å². The topological polar surface area (TPSA) is 180 Å². The summed E-state index contributed by atoms with van der Waals surface area (Å²) < 4.78 is 12.1. The third-order valence-corrected chi connectivity index (χ3v) is 15.5. The van der Waals surface area contributed by atoms with Crippen LogP contribution in [0.15, 0.2) is 0 Å². The molecule has 17 unspecified atom stereocenters. The first kappa shape index (κ1) is 35.4. The number of rotatable bonds is 8. The highest BCUT2D eigenvalue weighted by Gasteiger charge is 2.84. The van der Waals surface area contributed by atoms with Crippen LogP contribution in [-0.4, -0.2) is 108 Å². The number of aliphatic hydroxyl groups is 8. The average molecular weight is 655 g/mol. The van der Waals surface area contributed by atoms with Gasteiger partial charge in [0.15, 0.2) is 6.29 Å².